The van der Waals surface area contributed by atoms with E-state index in [9.17, 15) is 9.32 Å². The fourth-order valence-electron chi connectivity index (χ4n) is 1.67. The molecule has 0 aliphatic rings. The van der Waals surface area contributed by atoms with Crippen molar-refractivity contribution in [3.8, 4) is 16.9 Å². The quantitative estimate of drug-likeness (QED) is 0.632. The van der Waals surface area contributed by atoms with E-state index in [1.807, 2.05) is 24.3 Å². The second-order valence-corrected chi connectivity index (χ2v) is 5.07. The number of hydrogen-bond acceptors (Lipinski definition) is 3. The number of hydrogen-bond donors (Lipinski definition) is 2. The summed E-state index contributed by atoms with van der Waals surface area (Å²) in [7, 11) is -1.07. The molecule has 0 heterocycles. The molecule has 2 rings (SSSR count). The monoisotopic (exact) mass is 247 g/mol. The summed E-state index contributed by atoms with van der Waals surface area (Å²) in [6, 6.07) is 12.4. The maximum Gasteiger partial charge on any atom is 0.139 e. The summed E-state index contributed by atoms with van der Waals surface area (Å²) in [6.45, 7) is 0. The maximum absolute atomic E-state index is 11.6. The van der Waals surface area contributed by atoms with Crippen LogP contribution in [0.3, 0.4) is 0 Å². The number of phenols is 1. The van der Waals surface area contributed by atoms with Crippen LogP contribution in [0.25, 0.3) is 11.1 Å². The summed E-state index contributed by atoms with van der Waals surface area (Å²) < 4.78 is 11.6. The van der Waals surface area contributed by atoms with Crippen molar-refractivity contribution in [2.24, 2.45) is 0 Å². The summed E-state index contributed by atoms with van der Waals surface area (Å²) in [6.07, 6.45) is 1.63. The van der Waals surface area contributed by atoms with Gasteiger partial charge in [0.25, 0.3) is 0 Å². The molecule has 1 unspecified atom stereocenters. The molecule has 0 saturated heterocycles. The van der Waals surface area contributed by atoms with Crippen LogP contribution in [0.2, 0.25) is 0 Å². The van der Waals surface area contributed by atoms with Crippen LogP contribution in [-0.2, 0) is 10.8 Å². The topological polar surface area (TPSA) is 63.3 Å². The Bertz CT molecular complexity index is 581. The number of anilines is 1. The molecule has 1 atom stereocenters. The number of phenolic OH excluding ortho intramolecular Hbond substituents is 1. The van der Waals surface area contributed by atoms with Crippen LogP contribution in [0.1, 0.15) is 0 Å². The van der Waals surface area contributed by atoms with E-state index in [1.54, 1.807) is 24.5 Å². The fraction of sp³-hybridized carbons (Fsp3) is 0.0769. The predicted molar refractivity (Wildman–Crippen MR) is 70.3 cm³/mol. The predicted octanol–water partition coefficient (Wildman–Crippen LogP) is 2.38. The smallest absolute Gasteiger partial charge is 0.139 e. The normalized spacial score (nSPS) is 12.3. The molecule has 88 valence electrons. The highest BCUT2D eigenvalue weighted by Gasteiger charge is 2.08. The Morgan fingerprint density at radius 2 is 1.88 bits per heavy atom. The van der Waals surface area contributed by atoms with Gasteiger partial charge in [0, 0.05) is 11.2 Å². The first-order valence-electron chi connectivity index (χ1n) is 5.11. The molecule has 0 aliphatic carbocycles. The van der Waals surface area contributed by atoms with Gasteiger partial charge in [-0.1, -0.05) is 24.3 Å². The highest BCUT2D eigenvalue weighted by Crippen LogP contribution is 2.31. The number of aromatic hydroxyl groups is 1. The average molecular weight is 247 g/mol. The van der Waals surface area contributed by atoms with Crippen molar-refractivity contribution in [1.29, 1.82) is 0 Å². The van der Waals surface area contributed by atoms with E-state index in [4.69, 9.17) is 5.73 Å². The van der Waals surface area contributed by atoms with Gasteiger partial charge in [0.05, 0.1) is 16.5 Å². The lowest BCUT2D eigenvalue weighted by Crippen LogP contribution is -1.92. The molecule has 0 bridgehead atoms. The number of nitrogen functional groups attached to an aromatic ring is 1. The zero-order valence-corrected chi connectivity index (χ0v) is 10.2. The van der Waals surface area contributed by atoms with Crippen molar-refractivity contribution >= 4 is 16.5 Å². The van der Waals surface area contributed by atoms with Crippen LogP contribution in [-0.4, -0.2) is 15.6 Å². The Morgan fingerprint density at radius 1 is 1.18 bits per heavy atom. The van der Waals surface area contributed by atoms with Gasteiger partial charge in [-0.2, -0.15) is 0 Å². The summed E-state index contributed by atoms with van der Waals surface area (Å²) >= 11 is 0. The van der Waals surface area contributed by atoms with Crippen LogP contribution < -0.4 is 5.73 Å². The van der Waals surface area contributed by atoms with Crippen molar-refractivity contribution in [2.75, 3.05) is 12.0 Å². The van der Waals surface area contributed by atoms with Gasteiger partial charge in [-0.15, -0.1) is 0 Å². The molecule has 2 aromatic rings. The second-order valence-electron chi connectivity index (χ2n) is 3.72. The first kappa shape index (κ1) is 11.7. The Morgan fingerprint density at radius 3 is 2.53 bits per heavy atom. The Hall–Kier alpha value is -1.81. The van der Waals surface area contributed by atoms with Gasteiger partial charge in [-0.3, -0.25) is 4.21 Å². The fourth-order valence-corrected chi connectivity index (χ4v) is 2.43. The molecular weight excluding hydrogens is 234 g/mol. The zero-order valence-electron chi connectivity index (χ0n) is 9.38. The maximum atomic E-state index is 11.6. The minimum absolute atomic E-state index is 0.0409. The Balaban J connectivity index is 2.60. The van der Waals surface area contributed by atoms with Crippen molar-refractivity contribution in [2.45, 2.75) is 4.90 Å². The molecule has 0 fully saturated rings. The molecular formula is C13H13NO2S. The van der Waals surface area contributed by atoms with Gasteiger partial charge in [-0.05, 0) is 29.3 Å². The third-order valence-corrected chi connectivity index (χ3v) is 3.51. The lowest BCUT2D eigenvalue weighted by Gasteiger charge is -2.08. The van der Waals surface area contributed by atoms with Crippen molar-refractivity contribution in [3.63, 3.8) is 0 Å². The number of nitrogens with two attached hydrogens (primary N) is 1. The number of rotatable bonds is 2. The summed E-state index contributed by atoms with van der Waals surface area (Å²) in [4.78, 5) is 0.747. The van der Waals surface area contributed by atoms with Crippen LogP contribution >= 0.6 is 0 Å². The molecule has 17 heavy (non-hydrogen) atoms. The van der Waals surface area contributed by atoms with E-state index in [1.165, 1.54) is 0 Å². The van der Waals surface area contributed by atoms with Crippen molar-refractivity contribution in [1.82, 2.24) is 0 Å². The highest BCUT2D eigenvalue weighted by molar-refractivity contribution is 7.84. The molecule has 0 aromatic heterocycles. The van der Waals surface area contributed by atoms with Gasteiger partial charge in [0.15, 0.2) is 0 Å². The Labute approximate surface area is 102 Å². The largest absolute Gasteiger partial charge is 0.506 e. The first-order chi connectivity index (χ1) is 8.09. The number of benzene rings is 2. The lowest BCUT2D eigenvalue weighted by molar-refractivity contribution is 0.478. The third kappa shape index (κ3) is 2.31. The van der Waals surface area contributed by atoms with Crippen LogP contribution in [0.5, 0.6) is 5.75 Å². The molecule has 0 amide bonds. The summed E-state index contributed by atoms with van der Waals surface area (Å²) in [5.74, 6) is 0.0409. The molecule has 0 radical (unpaired) electrons. The minimum atomic E-state index is -1.07. The van der Waals surface area contributed by atoms with E-state index in [-0.39, 0.29) is 5.75 Å². The highest BCUT2D eigenvalue weighted by atomic mass is 32.2. The SMILES string of the molecule is CS(=O)c1ccccc1-c1ccc(N)c(O)c1. The van der Waals surface area contributed by atoms with Crippen LogP contribution in [0.4, 0.5) is 5.69 Å². The molecule has 0 spiro atoms. The van der Waals surface area contributed by atoms with Crippen LogP contribution in [0.15, 0.2) is 47.4 Å². The van der Waals surface area contributed by atoms with E-state index in [2.05, 4.69) is 0 Å². The molecule has 2 aromatic carbocycles. The molecule has 4 heteroatoms. The van der Waals surface area contributed by atoms with E-state index < -0.39 is 10.8 Å². The minimum Gasteiger partial charge on any atom is -0.506 e. The van der Waals surface area contributed by atoms with E-state index in [0.717, 1.165) is 16.0 Å². The van der Waals surface area contributed by atoms with Gasteiger partial charge in [0.1, 0.15) is 5.75 Å². The molecule has 3 nitrogen and oxygen atoms in total. The average Bonchev–Trinajstić information content (AvgIpc) is 2.32. The summed E-state index contributed by atoms with van der Waals surface area (Å²) in [5.41, 5.74) is 7.55. The van der Waals surface area contributed by atoms with E-state index >= 15 is 0 Å². The second kappa shape index (κ2) is 4.59. The van der Waals surface area contributed by atoms with Crippen molar-refractivity contribution < 1.29 is 9.32 Å². The van der Waals surface area contributed by atoms with E-state index in [0.29, 0.717) is 5.69 Å². The van der Waals surface area contributed by atoms with Crippen molar-refractivity contribution in [3.05, 3.63) is 42.5 Å². The standard InChI is InChI=1S/C13H13NO2S/c1-17(16)13-5-3-2-4-10(13)9-6-7-11(14)12(15)8-9/h2-8,15H,14H2,1H3. The summed E-state index contributed by atoms with van der Waals surface area (Å²) in [5, 5.41) is 9.59. The van der Waals surface area contributed by atoms with Gasteiger partial charge in [-0.25, -0.2) is 0 Å². The van der Waals surface area contributed by atoms with Gasteiger partial charge >= 0.3 is 0 Å². The molecule has 0 saturated carbocycles. The molecule has 0 aliphatic heterocycles. The zero-order chi connectivity index (χ0) is 12.4. The van der Waals surface area contributed by atoms with Crippen LogP contribution in [0, 0.1) is 0 Å². The Kier molecular flexibility index (Phi) is 3.15. The van der Waals surface area contributed by atoms with Gasteiger partial charge in [0.2, 0.25) is 0 Å². The third-order valence-electron chi connectivity index (χ3n) is 2.54. The first-order valence-corrected chi connectivity index (χ1v) is 6.66. The molecule has 3 N–H and O–H groups in total. The lowest BCUT2D eigenvalue weighted by atomic mass is 10.0. The van der Waals surface area contributed by atoms with Gasteiger partial charge < -0.3 is 10.8 Å².